The van der Waals surface area contributed by atoms with Gasteiger partial charge in [-0.25, -0.2) is 0 Å². The van der Waals surface area contributed by atoms with Crippen LogP contribution in [0.1, 0.15) is 25.7 Å². The molecule has 0 saturated carbocycles. The molecule has 11 heteroatoms. The second kappa shape index (κ2) is 15.5. The van der Waals surface area contributed by atoms with E-state index in [0.717, 1.165) is 51.0 Å². The van der Waals surface area contributed by atoms with E-state index in [-0.39, 0.29) is 5.97 Å². The van der Waals surface area contributed by atoms with Gasteiger partial charge in [-0.15, -0.1) is 0 Å². The number of methoxy groups -OCH3 is 1. The lowest BCUT2D eigenvalue weighted by Gasteiger charge is -2.28. The van der Waals surface area contributed by atoms with Crippen molar-refractivity contribution in [1.29, 1.82) is 0 Å². The van der Waals surface area contributed by atoms with Crippen LogP contribution >= 0.6 is 0 Å². The van der Waals surface area contributed by atoms with Crippen LogP contribution in [0.3, 0.4) is 0 Å². The number of nitrogens with zero attached hydrogens (tertiary/aromatic N) is 1. The fourth-order valence-corrected chi connectivity index (χ4v) is 6.44. The molecule has 0 unspecified atom stereocenters. The maximum Gasteiger partial charge on any atom is 0.500 e. The molecule has 0 aliphatic heterocycles. The molecule has 0 aliphatic carbocycles. The van der Waals surface area contributed by atoms with Gasteiger partial charge in [0.1, 0.15) is 0 Å². The molecule has 0 atom stereocenters. The van der Waals surface area contributed by atoms with E-state index >= 15 is 0 Å². The maximum atomic E-state index is 11.4. The van der Waals surface area contributed by atoms with E-state index in [1.54, 1.807) is 42.7 Å². The topological polar surface area (TPSA) is 84.9 Å². The first-order valence-corrected chi connectivity index (χ1v) is 13.4. The number of ether oxygens (including phenoxy) is 1. The van der Waals surface area contributed by atoms with Crippen LogP contribution in [0.4, 0.5) is 0 Å². The van der Waals surface area contributed by atoms with E-state index in [4.69, 9.17) is 31.3 Å². The molecule has 168 valence electrons. The predicted octanol–water partition coefficient (Wildman–Crippen LogP) is 1.78. The highest BCUT2D eigenvalue weighted by Gasteiger charge is 2.38. The highest BCUT2D eigenvalue weighted by Crippen LogP contribution is 2.18. The number of hydrogen-bond acceptors (Lipinski definition) is 9. The highest BCUT2D eigenvalue weighted by atomic mass is 28.4. The monoisotopic (exact) mass is 441 g/mol. The summed E-state index contributed by atoms with van der Waals surface area (Å²) in [6, 6.07) is 1.47. The summed E-state index contributed by atoms with van der Waals surface area (Å²) in [7, 11) is 6.01. The zero-order chi connectivity index (χ0) is 21.5. The molecule has 0 amide bonds. The molecule has 0 heterocycles. The first-order valence-electron chi connectivity index (χ1n) is 9.50. The molecule has 0 rings (SSSR count). The van der Waals surface area contributed by atoms with Gasteiger partial charge in [0.25, 0.3) is 0 Å². The van der Waals surface area contributed by atoms with Crippen molar-refractivity contribution in [2.45, 2.75) is 37.8 Å². The normalized spacial score (nSPS) is 12.6. The average molecular weight is 442 g/mol. The molecule has 0 aromatic rings. The number of hydrogen-bond donors (Lipinski definition) is 0. The van der Waals surface area contributed by atoms with E-state index in [1.165, 1.54) is 7.11 Å². The smallest absolute Gasteiger partial charge is 0.469 e. The van der Waals surface area contributed by atoms with Gasteiger partial charge in [0.15, 0.2) is 0 Å². The second-order valence-corrected chi connectivity index (χ2v) is 12.5. The molecule has 0 aliphatic rings. The summed E-state index contributed by atoms with van der Waals surface area (Å²) in [5.41, 5.74) is 0. The Hall–Kier alpha value is -0.376. The van der Waals surface area contributed by atoms with Gasteiger partial charge in [0.2, 0.25) is 0 Å². The summed E-state index contributed by atoms with van der Waals surface area (Å²) in [5.74, 6) is -0.186. The molecular weight excluding hydrogens is 402 g/mol. The minimum absolute atomic E-state index is 0.186. The lowest BCUT2D eigenvalue weighted by Crippen LogP contribution is -2.44. The molecule has 0 N–H and O–H groups in total. The fraction of sp³-hybridized carbons (Fsp3) is 0.941. The van der Waals surface area contributed by atoms with Gasteiger partial charge in [0, 0.05) is 61.2 Å². The van der Waals surface area contributed by atoms with Crippen molar-refractivity contribution in [2.75, 3.05) is 69.4 Å². The first-order chi connectivity index (χ1) is 13.4. The van der Waals surface area contributed by atoms with Crippen molar-refractivity contribution < 1.29 is 36.1 Å². The van der Waals surface area contributed by atoms with Crippen LogP contribution in [0.2, 0.25) is 12.1 Å². The van der Waals surface area contributed by atoms with Crippen LogP contribution in [0.25, 0.3) is 0 Å². The Labute approximate surface area is 172 Å². The van der Waals surface area contributed by atoms with Crippen molar-refractivity contribution in [3.05, 3.63) is 0 Å². The summed E-state index contributed by atoms with van der Waals surface area (Å²) in [5, 5.41) is 0. The van der Waals surface area contributed by atoms with Crippen LogP contribution in [0.15, 0.2) is 0 Å². The Morgan fingerprint density at radius 3 is 1.32 bits per heavy atom. The third-order valence-corrected chi connectivity index (χ3v) is 10.5. The number of rotatable bonds is 18. The van der Waals surface area contributed by atoms with Crippen molar-refractivity contribution in [1.82, 2.24) is 4.90 Å². The van der Waals surface area contributed by atoms with Crippen LogP contribution in [0, 0.1) is 0 Å². The molecule has 9 nitrogen and oxygen atoms in total. The summed E-state index contributed by atoms with van der Waals surface area (Å²) < 4.78 is 37.6. The van der Waals surface area contributed by atoms with Gasteiger partial charge in [-0.2, -0.15) is 0 Å². The van der Waals surface area contributed by atoms with Crippen LogP contribution in [-0.4, -0.2) is 97.9 Å². The van der Waals surface area contributed by atoms with E-state index in [2.05, 4.69) is 4.90 Å². The van der Waals surface area contributed by atoms with E-state index < -0.39 is 17.6 Å². The second-order valence-electron chi connectivity index (χ2n) is 6.32. The van der Waals surface area contributed by atoms with Crippen molar-refractivity contribution >= 4 is 23.6 Å². The highest BCUT2D eigenvalue weighted by molar-refractivity contribution is 6.60. The van der Waals surface area contributed by atoms with Crippen molar-refractivity contribution in [3.8, 4) is 0 Å². The van der Waals surface area contributed by atoms with Crippen molar-refractivity contribution in [2.24, 2.45) is 0 Å². The molecule has 0 aromatic carbocycles. The minimum Gasteiger partial charge on any atom is -0.469 e. The SMILES string of the molecule is COC(=O)CCCN(CCC[Si](OC)(OC)OC)CCC[Si](OC)(OC)OC. The Bertz CT molecular complexity index is 366. The number of carbonyl (C=O) groups excluding carboxylic acids is 1. The summed E-state index contributed by atoms with van der Waals surface area (Å²) in [6.07, 6.45) is 2.91. The zero-order valence-electron chi connectivity index (χ0n) is 18.6. The molecule has 0 saturated heterocycles. The van der Waals surface area contributed by atoms with Gasteiger partial charge in [-0.05, 0) is 38.9 Å². The minimum atomic E-state index is -2.57. The molecule has 0 radical (unpaired) electrons. The van der Waals surface area contributed by atoms with E-state index in [1.807, 2.05) is 0 Å². The van der Waals surface area contributed by atoms with Gasteiger partial charge >= 0.3 is 23.6 Å². The van der Waals surface area contributed by atoms with Gasteiger partial charge in [0.05, 0.1) is 7.11 Å². The van der Waals surface area contributed by atoms with Gasteiger partial charge < -0.3 is 36.2 Å². The molecule has 0 spiro atoms. The Morgan fingerprint density at radius 2 is 1.00 bits per heavy atom. The first kappa shape index (κ1) is 27.6. The maximum absolute atomic E-state index is 11.4. The Morgan fingerprint density at radius 1 is 0.643 bits per heavy atom. The summed E-state index contributed by atoms with van der Waals surface area (Å²) in [4.78, 5) is 13.7. The quantitative estimate of drug-likeness (QED) is 0.233. The Kier molecular flexibility index (Phi) is 15.3. The van der Waals surface area contributed by atoms with E-state index in [9.17, 15) is 4.79 Å². The van der Waals surface area contributed by atoms with Crippen LogP contribution in [0.5, 0.6) is 0 Å². The molecule has 0 bridgehead atoms. The van der Waals surface area contributed by atoms with Crippen LogP contribution in [-0.2, 0) is 36.1 Å². The van der Waals surface area contributed by atoms with E-state index in [0.29, 0.717) is 6.42 Å². The molecule has 0 fully saturated rings. The van der Waals surface area contributed by atoms with Crippen LogP contribution < -0.4 is 0 Å². The predicted molar refractivity (Wildman–Crippen MR) is 110 cm³/mol. The third kappa shape index (κ3) is 9.90. The lowest BCUT2D eigenvalue weighted by molar-refractivity contribution is -0.140. The zero-order valence-corrected chi connectivity index (χ0v) is 20.6. The van der Waals surface area contributed by atoms with Gasteiger partial charge in [-0.3, -0.25) is 4.79 Å². The Balaban J connectivity index is 4.66. The molecule has 28 heavy (non-hydrogen) atoms. The van der Waals surface area contributed by atoms with Gasteiger partial charge in [-0.1, -0.05) is 0 Å². The average Bonchev–Trinajstić information content (AvgIpc) is 2.74. The van der Waals surface area contributed by atoms with Crippen molar-refractivity contribution in [3.63, 3.8) is 0 Å². The number of esters is 1. The fourth-order valence-electron chi connectivity index (χ4n) is 3.04. The number of carbonyl (C=O) groups is 1. The largest absolute Gasteiger partial charge is 0.500 e. The summed E-state index contributed by atoms with van der Waals surface area (Å²) in [6.45, 7) is 2.51. The standard InChI is InChI=1S/C17H39NO8Si2/c1-20-17(19)11-8-12-18(13-9-15-27(21-2,22-3)23-4)14-10-16-28(24-5,25-6)26-7/h8-16H2,1-7H3. The molecule has 0 aromatic heterocycles. The lowest BCUT2D eigenvalue weighted by atomic mass is 10.2. The summed E-state index contributed by atoms with van der Waals surface area (Å²) >= 11 is 0. The molecular formula is C17H39NO8Si2. The third-order valence-electron chi connectivity index (χ3n) is 4.86.